The van der Waals surface area contributed by atoms with Crippen LogP contribution in [0.4, 0.5) is 11.4 Å². The molecule has 2 aromatic rings. The van der Waals surface area contributed by atoms with Gasteiger partial charge in [-0.3, -0.25) is 4.79 Å². The maximum Gasteiger partial charge on any atom is 0.162 e. The fraction of sp³-hybridized carbons (Fsp3) is 0.567. The van der Waals surface area contributed by atoms with Crippen molar-refractivity contribution >= 4 is 17.2 Å². The van der Waals surface area contributed by atoms with Gasteiger partial charge >= 0.3 is 0 Å². The molecule has 0 spiro atoms. The zero-order valence-electron chi connectivity index (χ0n) is 20.8. The molecule has 2 rings (SSSR count). The molecule has 180 valence electrons. The summed E-state index contributed by atoms with van der Waals surface area (Å²) in [6, 6.07) is 17.1. The van der Waals surface area contributed by atoms with Crippen LogP contribution in [0.1, 0.15) is 120 Å². The molecular weight excluding hydrogens is 404 g/mol. The van der Waals surface area contributed by atoms with Crippen molar-refractivity contribution in [1.29, 1.82) is 0 Å². The third-order valence-corrected chi connectivity index (χ3v) is 6.23. The quantitative estimate of drug-likeness (QED) is 0.120. The lowest BCUT2D eigenvalue weighted by Gasteiger charge is -2.04. The van der Waals surface area contributed by atoms with Crippen LogP contribution in [-0.4, -0.2) is 5.78 Å². The standard InChI is InChI=1S/C30H44N2O/c1-2-3-4-5-6-7-8-9-10-11-12-13-14-15-19-22-30(33)27-23-25-29(26-24-27)32-31-28-20-17-16-18-21-28/h16-18,20-21,23-26H,2-15,19,22H2,1H3. The van der Waals surface area contributed by atoms with E-state index in [2.05, 4.69) is 17.2 Å². The summed E-state index contributed by atoms with van der Waals surface area (Å²) in [4.78, 5) is 12.4. The molecule has 0 aliphatic rings. The topological polar surface area (TPSA) is 41.8 Å². The minimum Gasteiger partial charge on any atom is -0.294 e. The Bertz CT molecular complexity index is 768. The van der Waals surface area contributed by atoms with Gasteiger partial charge in [0.15, 0.2) is 5.78 Å². The van der Waals surface area contributed by atoms with Crippen molar-refractivity contribution in [3.05, 3.63) is 60.2 Å². The van der Waals surface area contributed by atoms with Gasteiger partial charge in [-0.25, -0.2) is 0 Å². The molecule has 0 saturated heterocycles. The molecular formula is C30H44N2O. The van der Waals surface area contributed by atoms with Crippen molar-refractivity contribution in [3.8, 4) is 0 Å². The van der Waals surface area contributed by atoms with Crippen LogP contribution in [0.15, 0.2) is 64.8 Å². The van der Waals surface area contributed by atoms with Gasteiger partial charge in [-0.1, -0.05) is 115 Å². The van der Waals surface area contributed by atoms with Crippen LogP contribution < -0.4 is 0 Å². The number of Topliss-reactive ketones (excluding diaryl/α,β-unsaturated/α-hetero) is 1. The first-order valence-corrected chi connectivity index (χ1v) is 13.4. The fourth-order valence-electron chi connectivity index (χ4n) is 4.13. The molecule has 0 unspecified atom stereocenters. The molecule has 0 radical (unpaired) electrons. The monoisotopic (exact) mass is 448 g/mol. The van der Waals surface area contributed by atoms with Crippen LogP contribution in [0, 0.1) is 0 Å². The molecule has 0 fully saturated rings. The Morgan fingerprint density at radius 1 is 0.545 bits per heavy atom. The number of benzene rings is 2. The molecule has 0 aromatic heterocycles. The zero-order valence-corrected chi connectivity index (χ0v) is 20.8. The minimum atomic E-state index is 0.233. The number of unbranched alkanes of at least 4 members (excludes halogenated alkanes) is 14. The second-order valence-electron chi connectivity index (χ2n) is 9.21. The summed E-state index contributed by atoms with van der Waals surface area (Å²) in [5.74, 6) is 0.233. The molecule has 3 heteroatoms. The van der Waals surface area contributed by atoms with Gasteiger partial charge in [0.25, 0.3) is 0 Å². The Kier molecular flexibility index (Phi) is 14.8. The molecule has 0 N–H and O–H groups in total. The van der Waals surface area contributed by atoms with Gasteiger partial charge in [-0.05, 0) is 42.8 Å². The van der Waals surface area contributed by atoms with Crippen LogP contribution in [0.2, 0.25) is 0 Å². The zero-order chi connectivity index (χ0) is 23.4. The summed E-state index contributed by atoms with van der Waals surface area (Å²) in [6.45, 7) is 2.28. The highest BCUT2D eigenvalue weighted by Gasteiger charge is 2.05. The van der Waals surface area contributed by atoms with Crippen LogP contribution in [0.3, 0.4) is 0 Å². The van der Waals surface area contributed by atoms with E-state index in [0.29, 0.717) is 6.42 Å². The van der Waals surface area contributed by atoms with Gasteiger partial charge in [-0.2, -0.15) is 10.2 Å². The molecule has 0 atom stereocenters. The summed E-state index contributed by atoms with van der Waals surface area (Å²) in [5.41, 5.74) is 2.37. The maximum atomic E-state index is 12.4. The van der Waals surface area contributed by atoms with Crippen molar-refractivity contribution < 1.29 is 4.79 Å². The largest absolute Gasteiger partial charge is 0.294 e. The van der Waals surface area contributed by atoms with Gasteiger partial charge in [0, 0.05) is 12.0 Å². The highest BCUT2D eigenvalue weighted by atomic mass is 16.1. The summed E-state index contributed by atoms with van der Waals surface area (Å²) < 4.78 is 0. The summed E-state index contributed by atoms with van der Waals surface area (Å²) in [5, 5.41) is 8.45. The number of ketones is 1. The molecule has 0 aliphatic heterocycles. The lowest BCUT2D eigenvalue weighted by atomic mass is 10.0. The van der Waals surface area contributed by atoms with E-state index in [-0.39, 0.29) is 5.78 Å². The van der Waals surface area contributed by atoms with Crippen molar-refractivity contribution in [2.75, 3.05) is 0 Å². The third kappa shape index (κ3) is 13.1. The molecule has 0 saturated carbocycles. The van der Waals surface area contributed by atoms with Gasteiger partial charge < -0.3 is 0 Å². The normalized spacial score (nSPS) is 11.3. The van der Waals surface area contributed by atoms with Gasteiger partial charge in [0.2, 0.25) is 0 Å². The van der Waals surface area contributed by atoms with Crippen LogP contribution in [-0.2, 0) is 0 Å². The Balaban J connectivity index is 1.45. The van der Waals surface area contributed by atoms with Gasteiger partial charge in [0.1, 0.15) is 0 Å². The van der Waals surface area contributed by atoms with E-state index in [0.717, 1.165) is 29.8 Å². The number of carbonyl (C=O) groups excluding carboxylic acids is 1. The van der Waals surface area contributed by atoms with Gasteiger partial charge in [0.05, 0.1) is 11.4 Å². The van der Waals surface area contributed by atoms with Crippen molar-refractivity contribution in [2.24, 2.45) is 10.2 Å². The Morgan fingerprint density at radius 2 is 0.970 bits per heavy atom. The Labute approximate surface area is 202 Å². The third-order valence-electron chi connectivity index (χ3n) is 6.23. The lowest BCUT2D eigenvalue weighted by molar-refractivity contribution is 0.0979. The first-order valence-electron chi connectivity index (χ1n) is 13.4. The van der Waals surface area contributed by atoms with Crippen molar-refractivity contribution in [2.45, 2.75) is 110 Å². The van der Waals surface area contributed by atoms with Crippen molar-refractivity contribution in [1.82, 2.24) is 0 Å². The second-order valence-corrected chi connectivity index (χ2v) is 9.21. The lowest BCUT2D eigenvalue weighted by Crippen LogP contribution is -1.98. The summed E-state index contributed by atoms with van der Waals surface area (Å²) in [6.07, 6.45) is 20.8. The summed E-state index contributed by atoms with van der Waals surface area (Å²) >= 11 is 0. The molecule has 2 aromatic carbocycles. The Hall–Kier alpha value is -2.29. The maximum absolute atomic E-state index is 12.4. The second kappa shape index (κ2) is 18.2. The fourth-order valence-corrected chi connectivity index (χ4v) is 4.13. The van der Waals surface area contributed by atoms with Crippen LogP contribution in [0.5, 0.6) is 0 Å². The number of nitrogens with zero attached hydrogens (tertiary/aromatic N) is 2. The van der Waals surface area contributed by atoms with E-state index < -0.39 is 0 Å². The first kappa shape index (κ1) is 27.0. The number of hydrogen-bond donors (Lipinski definition) is 0. The number of hydrogen-bond acceptors (Lipinski definition) is 3. The summed E-state index contributed by atoms with van der Waals surface area (Å²) in [7, 11) is 0. The molecule has 0 aliphatic carbocycles. The Morgan fingerprint density at radius 3 is 1.45 bits per heavy atom. The van der Waals surface area contributed by atoms with Crippen LogP contribution >= 0.6 is 0 Å². The number of rotatable bonds is 19. The number of azo groups is 1. The predicted octanol–water partition coefficient (Wildman–Crippen LogP) is 10.5. The smallest absolute Gasteiger partial charge is 0.162 e. The highest BCUT2D eigenvalue weighted by Crippen LogP contribution is 2.20. The van der Waals surface area contributed by atoms with E-state index in [1.165, 1.54) is 83.5 Å². The van der Waals surface area contributed by atoms with Crippen molar-refractivity contribution in [3.63, 3.8) is 0 Å². The predicted molar refractivity (Wildman–Crippen MR) is 141 cm³/mol. The van der Waals surface area contributed by atoms with E-state index in [1.807, 2.05) is 54.6 Å². The molecule has 3 nitrogen and oxygen atoms in total. The highest BCUT2D eigenvalue weighted by molar-refractivity contribution is 5.96. The molecule has 0 bridgehead atoms. The number of carbonyl (C=O) groups is 1. The first-order chi connectivity index (χ1) is 16.3. The SMILES string of the molecule is CCCCCCCCCCCCCCCCCC(=O)c1ccc(N=Nc2ccccc2)cc1. The molecule has 0 amide bonds. The van der Waals surface area contributed by atoms with E-state index in [1.54, 1.807) is 0 Å². The minimum absolute atomic E-state index is 0.233. The average Bonchev–Trinajstić information content (AvgIpc) is 2.86. The van der Waals surface area contributed by atoms with E-state index in [9.17, 15) is 4.79 Å². The van der Waals surface area contributed by atoms with Gasteiger partial charge in [-0.15, -0.1) is 0 Å². The van der Waals surface area contributed by atoms with Crippen LogP contribution in [0.25, 0.3) is 0 Å². The van der Waals surface area contributed by atoms with E-state index in [4.69, 9.17) is 0 Å². The molecule has 0 heterocycles. The average molecular weight is 449 g/mol. The molecule has 33 heavy (non-hydrogen) atoms. The van der Waals surface area contributed by atoms with E-state index >= 15 is 0 Å².